The Labute approximate surface area is 219 Å². The van der Waals surface area contributed by atoms with E-state index in [2.05, 4.69) is 16.3 Å². The van der Waals surface area contributed by atoms with Crippen molar-refractivity contribution in [2.45, 2.75) is 19.0 Å². The van der Waals surface area contributed by atoms with E-state index in [0.29, 0.717) is 59.2 Å². The van der Waals surface area contributed by atoms with Gasteiger partial charge in [-0.2, -0.15) is 0 Å². The maximum Gasteiger partial charge on any atom is 0.345 e. The average Bonchev–Trinajstić information content (AvgIpc) is 3.34. The molecule has 3 heterocycles. The Hall–Kier alpha value is -4.18. The number of anilines is 2. The number of methoxy groups -OCH3 is 2. The number of carboxylic acid groups (broad SMARTS) is 1. The minimum atomic E-state index is -1.47. The van der Waals surface area contributed by atoms with Gasteiger partial charge in [-0.25, -0.2) is 4.79 Å². The van der Waals surface area contributed by atoms with Crippen LogP contribution in [0.4, 0.5) is 11.4 Å². The smallest absolute Gasteiger partial charge is 0.345 e. The van der Waals surface area contributed by atoms with Crippen molar-refractivity contribution in [1.29, 1.82) is 0 Å². The summed E-state index contributed by atoms with van der Waals surface area (Å²) >= 11 is 0. The first-order valence-corrected chi connectivity index (χ1v) is 12.6. The number of aromatic hydroxyl groups is 1. The summed E-state index contributed by atoms with van der Waals surface area (Å²) in [5.74, 6) is 0.226. The fourth-order valence-corrected chi connectivity index (χ4v) is 5.99. The van der Waals surface area contributed by atoms with Gasteiger partial charge in [-0.15, -0.1) is 0 Å². The van der Waals surface area contributed by atoms with Crippen LogP contribution in [-0.2, 0) is 13.0 Å². The van der Waals surface area contributed by atoms with Crippen LogP contribution < -0.4 is 31.0 Å². The maximum atomic E-state index is 13.6. The molecule has 1 aromatic heterocycles. The third kappa shape index (κ3) is 3.75. The number of nitrogens with two attached hydrogens (primary N) is 1. The van der Waals surface area contributed by atoms with Crippen LogP contribution in [0.15, 0.2) is 41.2 Å². The van der Waals surface area contributed by atoms with Gasteiger partial charge in [0.25, 0.3) is 5.56 Å². The van der Waals surface area contributed by atoms with Crippen LogP contribution in [0, 0.1) is 11.8 Å². The normalized spacial score (nSPS) is 21.0. The highest BCUT2D eigenvalue weighted by Gasteiger charge is 2.53. The Morgan fingerprint density at radius 1 is 1.13 bits per heavy atom. The summed E-state index contributed by atoms with van der Waals surface area (Å²) in [5.41, 5.74) is 8.90. The number of nitrogens with one attached hydrogen (secondary N) is 1. The average molecular weight is 519 g/mol. The van der Waals surface area contributed by atoms with E-state index in [1.165, 1.54) is 11.7 Å². The van der Waals surface area contributed by atoms with Gasteiger partial charge >= 0.3 is 5.97 Å². The molecular weight excluding hydrogens is 488 g/mol. The highest BCUT2D eigenvalue weighted by atomic mass is 16.5. The summed E-state index contributed by atoms with van der Waals surface area (Å²) in [6.45, 7) is 2.36. The molecule has 1 saturated heterocycles. The molecule has 10 nitrogen and oxygen atoms in total. The molecule has 3 aliphatic rings. The van der Waals surface area contributed by atoms with E-state index in [1.54, 1.807) is 25.3 Å². The van der Waals surface area contributed by atoms with Gasteiger partial charge in [-0.3, -0.25) is 4.79 Å². The molecule has 0 bridgehead atoms. The zero-order valence-electron chi connectivity index (χ0n) is 21.2. The molecule has 0 radical (unpaired) electrons. The van der Waals surface area contributed by atoms with Crippen LogP contribution in [0.5, 0.6) is 17.2 Å². The number of carboxylic acids is 1. The molecule has 0 amide bonds. The molecule has 2 fully saturated rings. The lowest BCUT2D eigenvalue weighted by molar-refractivity contribution is 0.0690. The van der Waals surface area contributed by atoms with E-state index in [1.807, 2.05) is 12.1 Å². The van der Waals surface area contributed by atoms with Crippen LogP contribution in [0.25, 0.3) is 11.3 Å². The molecule has 10 heteroatoms. The molecule has 1 aliphatic carbocycles. The van der Waals surface area contributed by atoms with Crippen LogP contribution in [-0.4, -0.2) is 60.6 Å². The molecule has 3 atom stereocenters. The van der Waals surface area contributed by atoms with Crippen molar-refractivity contribution < 1.29 is 24.5 Å². The third-order valence-electron chi connectivity index (χ3n) is 8.15. The molecular formula is C28H30N4O6. The van der Waals surface area contributed by atoms with Gasteiger partial charge in [0.05, 0.1) is 26.5 Å². The number of aromatic carboxylic acids is 1. The van der Waals surface area contributed by atoms with Crippen molar-refractivity contribution in [3.63, 3.8) is 0 Å². The fourth-order valence-electron chi connectivity index (χ4n) is 5.99. The number of pyridine rings is 1. The third-order valence-corrected chi connectivity index (χ3v) is 8.15. The number of carbonyl (C=O) groups is 1. The van der Waals surface area contributed by atoms with E-state index >= 15 is 0 Å². The SMILES string of the molecule is COc1ccc(Cn2c3c(c(O)c(C(=O)O)c2=O)CCNc2cc(N4C[C@@H]5[C@@H](N)[C@@H]5C4)ccc2-3)c(OC)c1. The van der Waals surface area contributed by atoms with E-state index in [-0.39, 0.29) is 6.54 Å². The van der Waals surface area contributed by atoms with Crippen molar-refractivity contribution in [2.75, 3.05) is 44.1 Å². The summed E-state index contributed by atoms with van der Waals surface area (Å²) in [4.78, 5) is 28.0. The summed E-state index contributed by atoms with van der Waals surface area (Å²) in [5, 5.41) is 24.3. The minimum absolute atomic E-state index is 0.0451. The fraction of sp³-hybridized carbons (Fsp3) is 0.357. The van der Waals surface area contributed by atoms with Crippen LogP contribution in [0.3, 0.4) is 0 Å². The van der Waals surface area contributed by atoms with Gasteiger partial charge in [-0.05, 0) is 48.6 Å². The number of hydrogen-bond donors (Lipinski definition) is 4. The summed E-state index contributed by atoms with van der Waals surface area (Å²) < 4.78 is 12.3. The number of ether oxygens (including phenoxy) is 2. The van der Waals surface area contributed by atoms with Gasteiger partial charge in [0.1, 0.15) is 17.2 Å². The van der Waals surface area contributed by atoms with Crippen molar-refractivity contribution >= 4 is 17.3 Å². The van der Waals surface area contributed by atoms with Gasteiger partial charge in [0.2, 0.25) is 0 Å². The number of aromatic nitrogens is 1. The first kappa shape index (κ1) is 24.2. The zero-order valence-corrected chi connectivity index (χ0v) is 21.2. The summed E-state index contributed by atoms with van der Waals surface area (Å²) in [6, 6.07) is 11.6. The number of piperidine rings is 1. The molecule has 3 aromatic rings. The van der Waals surface area contributed by atoms with Crippen molar-refractivity contribution in [2.24, 2.45) is 17.6 Å². The second-order valence-electron chi connectivity index (χ2n) is 10.1. The first-order chi connectivity index (χ1) is 18.3. The predicted octanol–water partition coefficient (Wildman–Crippen LogP) is 2.35. The lowest BCUT2D eigenvalue weighted by Gasteiger charge is -2.24. The Balaban J connectivity index is 1.51. The zero-order chi connectivity index (χ0) is 26.7. The molecule has 198 valence electrons. The van der Waals surface area contributed by atoms with Crippen molar-refractivity contribution in [3.8, 4) is 28.5 Å². The van der Waals surface area contributed by atoms with Crippen molar-refractivity contribution in [1.82, 2.24) is 4.57 Å². The van der Waals surface area contributed by atoms with Gasteiger partial charge in [0.15, 0.2) is 5.56 Å². The van der Waals surface area contributed by atoms with E-state index in [0.717, 1.165) is 30.0 Å². The predicted molar refractivity (Wildman–Crippen MR) is 143 cm³/mol. The van der Waals surface area contributed by atoms with E-state index < -0.39 is 22.8 Å². The first-order valence-electron chi connectivity index (χ1n) is 12.6. The Kier molecular flexibility index (Phi) is 5.71. The standard InChI is InChI=1S/C28H30N4O6/c1-37-16-5-3-14(22(10-16)38-2)11-32-25-17-6-4-15(31-12-19-20(13-31)24(19)29)9-21(17)30-8-7-18(25)26(33)23(27(32)34)28(35)36/h3-6,9-10,19-20,24,30,33H,7-8,11-13,29H2,1-2H3,(H,35,36)/t19-,20+,24+. The number of nitrogens with zero attached hydrogens (tertiary/aromatic N) is 2. The molecule has 5 N–H and O–H groups in total. The van der Waals surface area contributed by atoms with E-state index in [4.69, 9.17) is 15.2 Å². The number of hydrogen-bond acceptors (Lipinski definition) is 8. The molecule has 0 unspecified atom stereocenters. The highest BCUT2D eigenvalue weighted by molar-refractivity contribution is 5.93. The Morgan fingerprint density at radius 2 is 1.89 bits per heavy atom. The number of benzene rings is 2. The second-order valence-corrected chi connectivity index (χ2v) is 10.1. The minimum Gasteiger partial charge on any atom is -0.506 e. The van der Waals surface area contributed by atoms with Crippen LogP contribution in [0.1, 0.15) is 21.5 Å². The second kappa shape index (κ2) is 8.98. The van der Waals surface area contributed by atoms with Gasteiger partial charge in [0, 0.05) is 59.8 Å². The molecule has 0 spiro atoms. The van der Waals surface area contributed by atoms with Crippen molar-refractivity contribution in [3.05, 3.63) is 63.4 Å². The largest absolute Gasteiger partial charge is 0.506 e. The monoisotopic (exact) mass is 518 g/mol. The van der Waals surface area contributed by atoms with E-state index in [9.17, 15) is 19.8 Å². The quantitative estimate of drug-likeness (QED) is 0.387. The Morgan fingerprint density at radius 3 is 2.58 bits per heavy atom. The highest BCUT2D eigenvalue weighted by Crippen LogP contribution is 2.47. The lowest BCUT2D eigenvalue weighted by Crippen LogP contribution is -2.30. The summed E-state index contributed by atoms with van der Waals surface area (Å²) in [6.07, 6.45) is 0.341. The summed E-state index contributed by atoms with van der Waals surface area (Å²) in [7, 11) is 3.08. The van der Waals surface area contributed by atoms with Crippen LogP contribution >= 0.6 is 0 Å². The van der Waals surface area contributed by atoms with Crippen LogP contribution in [0.2, 0.25) is 0 Å². The number of rotatable bonds is 6. The van der Waals surface area contributed by atoms with Gasteiger partial charge < -0.3 is 40.2 Å². The lowest BCUT2D eigenvalue weighted by atomic mass is 9.98. The molecule has 6 rings (SSSR count). The molecule has 2 aromatic carbocycles. The molecule has 1 saturated carbocycles. The maximum absolute atomic E-state index is 13.6. The molecule has 2 aliphatic heterocycles. The number of fused-ring (bicyclic) bond motifs is 4. The Bertz CT molecular complexity index is 1500. The van der Waals surface area contributed by atoms with Gasteiger partial charge in [-0.1, -0.05) is 0 Å². The topological polar surface area (TPSA) is 139 Å². The molecule has 38 heavy (non-hydrogen) atoms.